The summed E-state index contributed by atoms with van der Waals surface area (Å²) in [7, 11) is 0. The number of thiocarbonyl (C=S) groups is 1. The fourth-order valence-electron chi connectivity index (χ4n) is 2.48. The molecule has 0 aliphatic heterocycles. The molecule has 0 aromatic heterocycles. The minimum Gasteiger partial charge on any atom is -0.384 e. The summed E-state index contributed by atoms with van der Waals surface area (Å²) >= 11 is 10.6. The van der Waals surface area contributed by atoms with E-state index in [1.165, 1.54) is 17.7 Å². The van der Waals surface area contributed by atoms with Gasteiger partial charge in [-0.05, 0) is 44.1 Å². The van der Waals surface area contributed by atoms with E-state index in [1.54, 1.807) is 11.8 Å². The van der Waals surface area contributed by atoms with E-state index in [0.29, 0.717) is 6.04 Å². The Kier molecular flexibility index (Phi) is 7.12. The number of rotatable bonds is 6. The molecule has 0 saturated heterocycles. The molecule has 0 radical (unpaired) electrons. The Bertz CT molecular complexity index is 596. The van der Waals surface area contributed by atoms with E-state index in [1.807, 2.05) is 24.4 Å². The van der Waals surface area contributed by atoms with Crippen LogP contribution >= 0.6 is 39.9 Å². The van der Waals surface area contributed by atoms with Crippen molar-refractivity contribution in [1.29, 1.82) is 0 Å². The Balaban J connectivity index is 1.92. The molecular weight excluding hydrogens is 376 g/mol. The molecule has 0 heterocycles. The van der Waals surface area contributed by atoms with Gasteiger partial charge in [-0.3, -0.25) is 4.99 Å². The zero-order valence-electron chi connectivity index (χ0n) is 12.9. The smallest absolute Gasteiger partial charge is 0.0752 e. The third-order valence-corrected chi connectivity index (χ3v) is 5.67. The molecule has 1 N–H and O–H groups in total. The summed E-state index contributed by atoms with van der Waals surface area (Å²) in [6.45, 7) is 2.92. The van der Waals surface area contributed by atoms with Gasteiger partial charge in [0.1, 0.15) is 0 Å². The van der Waals surface area contributed by atoms with E-state index >= 15 is 0 Å². The zero-order valence-corrected chi connectivity index (χ0v) is 16.2. The molecule has 1 aliphatic carbocycles. The van der Waals surface area contributed by atoms with E-state index in [9.17, 15) is 0 Å². The van der Waals surface area contributed by atoms with Crippen LogP contribution in [0.2, 0.25) is 0 Å². The molecular formula is C17H21BrN2S2. The number of aliphatic imine (C=N–C) groups is 1. The lowest BCUT2D eigenvalue weighted by molar-refractivity contribution is 0.611. The molecule has 1 atom stereocenters. The lowest BCUT2D eigenvalue weighted by Crippen LogP contribution is -2.28. The highest BCUT2D eigenvalue weighted by molar-refractivity contribution is 9.10. The van der Waals surface area contributed by atoms with Crippen LogP contribution in [0.25, 0.3) is 0 Å². The fraction of sp³-hybridized carbons (Fsp3) is 0.412. The first-order chi connectivity index (χ1) is 10.6. The standard InChI is InChI=1S/C17H21BrN2S2/c1-12(10-19-11-13-6-3-4-8-15(13)18)20-16-9-5-7-14(16)17(21)22-2/h3-4,6,8,11-12,20H,5,7,9-10H2,1-2H3. The van der Waals surface area contributed by atoms with Crippen molar-refractivity contribution in [3.63, 3.8) is 0 Å². The predicted octanol–water partition coefficient (Wildman–Crippen LogP) is 4.97. The zero-order chi connectivity index (χ0) is 15.9. The molecule has 0 saturated carbocycles. The number of halogens is 1. The van der Waals surface area contributed by atoms with Gasteiger partial charge in [-0.15, -0.1) is 11.8 Å². The van der Waals surface area contributed by atoms with Crippen molar-refractivity contribution in [2.24, 2.45) is 4.99 Å². The van der Waals surface area contributed by atoms with Crippen molar-refractivity contribution >= 4 is 50.3 Å². The van der Waals surface area contributed by atoms with Crippen LogP contribution in [0.5, 0.6) is 0 Å². The molecule has 5 heteroatoms. The number of hydrogen-bond donors (Lipinski definition) is 1. The monoisotopic (exact) mass is 396 g/mol. The van der Waals surface area contributed by atoms with Gasteiger partial charge >= 0.3 is 0 Å². The molecule has 118 valence electrons. The lowest BCUT2D eigenvalue weighted by Gasteiger charge is -2.16. The maximum Gasteiger partial charge on any atom is 0.0752 e. The van der Waals surface area contributed by atoms with Crippen LogP contribution in [0.15, 0.2) is 45.0 Å². The van der Waals surface area contributed by atoms with Crippen molar-refractivity contribution in [3.05, 3.63) is 45.6 Å². The van der Waals surface area contributed by atoms with Crippen LogP contribution in [0.3, 0.4) is 0 Å². The van der Waals surface area contributed by atoms with Crippen LogP contribution in [0.1, 0.15) is 31.7 Å². The van der Waals surface area contributed by atoms with E-state index in [-0.39, 0.29) is 0 Å². The molecule has 22 heavy (non-hydrogen) atoms. The van der Waals surface area contributed by atoms with Crippen molar-refractivity contribution in [1.82, 2.24) is 5.32 Å². The predicted molar refractivity (Wildman–Crippen MR) is 106 cm³/mol. The molecule has 0 bridgehead atoms. The van der Waals surface area contributed by atoms with Gasteiger partial charge in [0.15, 0.2) is 0 Å². The summed E-state index contributed by atoms with van der Waals surface area (Å²) in [6.07, 6.45) is 7.39. The second-order valence-corrected chi connectivity index (χ2v) is 7.70. The van der Waals surface area contributed by atoms with Gasteiger partial charge in [0, 0.05) is 28.0 Å². The molecule has 0 spiro atoms. The first kappa shape index (κ1) is 17.7. The Labute approximate surface area is 151 Å². The number of hydrogen-bond acceptors (Lipinski definition) is 4. The average Bonchev–Trinajstić information content (AvgIpc) is 2.96. The molecule has 2 nitrogen and oxygen atoms in total. The van der Waals surface area contributed by atoms with E-state index in [4.69, 9.17) is 12.2 Å². The molecule has 1 unspecified atom stereocenters. The van der Waals surface area contributed by atoms with Gasteiger partial charge in [0.2, 0.25) is 0 Å². The molecule has 1 aromatic carbocycles. The minimum atomic E-state index is 0.312. The molecule has 0 amide bonds. The van der Waals surface area contributed by atoms with Crippen molar-refractivity contribution < 1.29 is 0 Å². The van der Waals surface area contributed by atoms with Crippen LogP contribution < -0.4 is 5.32 Å². The number of nitrogens with one attached hydrogen (secondary N) is 1. The number of benzene rings is 1. The van der Waals surface area contributed by atoms with Gasteiger partial charge in [0.05, 0.1) is 10.7 Å². The highest BCUT2D eigenvalue weighted by atomic mass is 79.9. The van der Waals surface area contributed by atoms with Crippen molar-refractivity contribution in [2.75, 3.05) is 12.8 Å². The van der Waals surface area contributed by atoms with Gasteiger partial charge < -0.3 is 5.32 Å². The fourth-order valence-corrected chi connectivity index (χ4v) is 3.57. The van der Waals surface area contributed by atoms with Gasteiger partial charge in [0.25, 0.3) is 0 Å². The summed E-state index contributed by atoms with van der Waals surface area (Å²) in [4.78, 5) is 4.56. The average molecular weight is 397 g/mol. The third-order valence-electron chi connectivity index (χ3n) is 3.59. The summed E-state index contributed by atoms with van der Waals surface area (Å²) in [5.41, 5.74) is 3.77. The highest BCUT2D eigenvalue weighted by Crippen LogP contribution is 2.28. The SMILES string of the molecule is CSC(=S)C1=C(NC(C)CN=Cc2ccccc2Br)CCC1. The largest absolute Gasteiger partial charge is 0.384 e. The highest BCUT2D eigenvalue weighted by Gasteiger charge is 2.18. The van der Waals surface area contributed by atoms with E-state index in [0.717, 1.165) is 33.6 Å². The summed E-state index contributed by atoms with van der Waals surface area (Å²) in [5.74, 6) is 0. The number of allylic oxidation sites excluding steroid dienone is 1. The quantitative estimate of drug-likeness (QED) is 0.542. The molecule has 0 fully saturated rings. The molecule has 2 rings (SSSR count). The Morgan fingerprint density at radius 3 is 2.95 bits per heavy atom. The minimum absolute atomic E-state index is 0.312. The number of nitrogens with zero attached hydrogens (tertiary/aromatic N) is 1. The summed E-state index contributed by atoms with van der Waals surface area (Å²) < 4.78 is 2.11. The summed E-state index contributed by atoms with van der Waals surface area (Å²) in [5, 5.41) is 3.60. The molecule has 1 aliphatic rings. The van der Waals surface area contributed by atoms with Crippen LogP contribution in [0, 0.1) is 0 Å². The van der Waals surface area contributed by atoms with Crippen molar-refractivity contribution in [3.8, 4) is 0 Å². The summed E-state index contributed by atoms with van der Waals surface area (Å²) in [6, 6.07) is 8.43. The lowest BCUT2D eigenvalue weighted by atomic mass is 10.2. The van der Waals surface area contributed by atoms with Crippen molar-refractivity contribution in [2.45, 2.75) is 32.2 Å². The maximum absolute atomic E-state index is 5.44. The number of thioether (sulfide) groups is 1. The Hall–Kier alpha value is -0.650. The Morgan fingerprint density at radius 2 is 2.23 bits per heavy atom. The topological polar surface area (TPSA) is 24.4 Å². The first-order valence-electron chi connectivity index (χ1n) is 7.43. The Morgan fingerprint density at radius 1 is 1.45 bits per heavy atom. The van der Waals surface area contributed by atoms with Gasteiger partial charge in [-0.2, -0.15) is 0 Å². The molecule has 1 aromatic rings. The van der Waals surface area contributed by atoms with Gasteiger partial charge in [-0.25, -0.2) is 0 Å². The second-order valence-electron chi connectivity index (χ2n) is 5.36. The first-order valence-corrected chi connectivity index (χ1v) is 9.85. The maximum atomic E-state index is 5.44. The van der Waals surface area contributed by atoms with E-state index in [2.05, 4.69) is 45.5 Å². The van der Waals surface area contributed by atoms with E-state index < -0.39 is 0 Å². The van der Waals surface area contributed by atoms with Crippen LogP contribution in [0.4, 0.5) is 0 Å². The van der Waals surface area contributed by atoms with Crippen LogP contribution in [-0.2, 0) is 0 Å². The van der Waals surface area contributed by atoms with Gasteiger partial charge in [-0.1, -0.05) is 46.3 Å². The third kappa shape index (κ3) is 4.93. The normalized spacial score (nSPS) is 16.3. The second kappa shape index (κ2) is 8.85. The van der Waals surface area contributed by atoms with Crippen LogP contribution in [-0.4, -0.2) is 29.3 Å².